The number of rotatable bonds is 4. The monoisotopic (exact) mass is 263 g/mol. The van der Waals surface area contributed by atoms with Crippen LogP contribution in [0.5, 0.6) is 0 Å². The van der Waals surface area contributed by atoms with Crippen LogP contribution in [0.3, 0.4) is 0 Å². The van der Waals surface area contributed by atoms with E-state index in [0.29, 0.717) is 11.5 Å². The molecule has 1 aromatic rings. The van der Waals surface area contributed by atoms with Gasteiger partial charge < -0.3 is 5.32 Å². The van der Waals surface area contributed by atoms with Crippen molar-refractivity contribution in [2.45, 2.75) is 64.5 Å². The third kappa shape index (κ3) is 2.97. The van der Waals surface area contributed by atoms with Gasteiger partial charge in [0.05, 0.1) is 0 Å². The molecule has 0 bridgehead atoms. The molecule has 1 nitrogen and oxygen atoms in total. The molecule has 2 aliphatic carbocycles. The molecule has 0 aromatic carbocycles. The molecule has 1 N–H and O–H groups in total. The van der Waals surface area contributed by atoms with E-state index in [1.807, 2.05) is 11.3 Å². The van der Waals surface area contributed by atoms with Crippen LogP contribution in [-0.2, 0) is 0 Å². The van der Waals surface area contributed by atoms with Gasteiger partial charge in [-0.25, -0.2) is 0 Å². The van der Waals surface area contributed by atoms with E-state index in [0.717, 1.165) is 12.0 Å². The van der Waals surface area contributed by atoms with Gasteiger partial charge >= 0.3 is 0 Å². The van der Waals surface area contributed by atoms with Crippen molar-refractivity contribution in [2.75, 3.05) is 0 Å². The van der Waals surface area contributed by atoms with Crippen LogP contribution in [-0.4, -0.2) is 6.04 Å². The number of thiophene rings is 1. The molecular formula is C16H25NS. The van der Waals surface area contributed by atoms with E-state index in [1.54, 1.807) is 4.88 Å². The van der Waals surface area contributed by atoms with Gasteiger partial charge in [0, 0.05) is 17.0 Å². The molecule has 0 spiro atoms. The summed E-state index contributed by atoms with van der Waals surface area (Å²) in [6.07, 6.45) is 8.36. The van der Waals surface area contributed by atoms with Crippen LogP contribution < -0.4 is 5.32 Å². The van der Waals surface area contributed by atoms with Crippen molar-refractivity contribution in [3.8, 4) is 0 Å². The maximum absolute atomic E-state index is 3.99. The predicted octanol–water partition coefficient (Wildman–Crippen LogP) is 4.76. The van der Waals surface area contributed by atoms with E-state index < -0.39 is 0 Å². The van der Waals surface area contributed by atoms with Gasteiger partial charge in [0.2, 0.25) is 0 Å². The largest absolute Gasteiger partial charge is 0.306 e. The van der Waals surface area contributed by atoms with Crippen molar-refractivity contribution >= 4 is 11.3 Å². The molecule has 3 rings (SSSR count). The summed E-state index contributed by atoms with van der Waals surface area (Å²) in [6, 6.07) is 5.89. The zero-order valence-corrected chi connectivity index (χ0v) is 12.4. The molecule has 0 radical (unpaired) electrons. The van der Waals surface area contributed by atoms with Crippen LogP contribution in [0.15, 0.2) is 17.5 Å². The molecule has 2 unspecified atom stereocenters. The van der Waals surface area contributed by atoms with Crippen molar-refractivity contribution in [1.29, 1.82) is 0 Å². The molecule has 2 fully saturated rings. The summed E-state index contributed by atoms with van der Waals surface area (Å²) in [5.74, 6) is 0.911. The Bertz CT molecular complexity index is 378. The van der Waals surface area contributed by atoms with Crippen LogP contribution in [0.2, 0.25) is 0 Å². The third-order valence-electron chi connectivity index (χ3n) is 4.56. The average molecular weight is 263 g/mol. The Labute approximate surface area is 115 Å². The van der Waals surface area contributed by atoms with Gasteiger partial charge in [0.25, 0.3) is 0 Å². The maximum atomic E-state index is 3.99. The average Bonchev–Trinajstić information content (AvgIpc) is 3.00. The minimum atomic E-state index is 0.541. The lowest BCUT2D eigenvalue weighted by Gasteiger charge is -2.37. The number of nitrogens with one attached hydrogen (secondary N) is 1. The van der Waals surface area contributed by atoms with Crippen molar-refractivity contribution < 1.29 is 0 Å². The topological polar surface area (TPSA) is 12.0 Å². The molecule has 2 aliphatic rings. The highest BCUT2D eigenvalue weighted by molar-refractivity contribution is 7.10. The molecule has 0 aliphatic heterocycles. The van der Waals surface area contributed by atoms with E-state index in [2.05, 4.69) is 36.7 Å². The second-order valence-corrected chi connectivity index (χ2v) is 7.93. The minimum absolute atomic E-state index is 0.541. The lowest BCUT2D eigenvalue weighted by atomic mass is 9.75. The van der Waals surface area contributed by atoms with Gasteiger partial charge in [-0.1, -0.05) is 26.3 Å². The summed E-state index contributed by atoms with van der Waals surface area (Å²) in [5.41, 5.74) is 0.541. The molecule has 18 heavy (non-hydrogen) atoms. The summed E-state index contributed by atoms with van der Waals surface area (Å²) in [7, 11) is 0. The van der Waals surface area contributed by atoms with Crippen LogP contribution >= 0.6 is 11.3 Å². The molecule has 1 aromatic heterocycles. The Morgan fingerprint density at radius 1 is 1.33 bits per heavy atom. The summed E-state index contributed by atoms with van der Waals surface area (Å²) in [4.78, 5) is 1.56. The zero-order chi connectivity index (χ0) is 12.6. The summed E-state index contributed by atoms with van der Waals surface area (Å²) < 4.78 is 0. The molecule has 2 heteroatoms. The standard InChI is InChI=1S/C16H25NS/c1-16(2)9-3-5-13(11-16)17-15(12-7-8-12)14-6-4-10-18-14/h4,6,10,12-13,15,17H,3,5,7-9,11H2,1-2H3. The molecule has 1 heterocycles. The first-order valence-electron chi connectivity index (χ1n) is 7.43. The van der Waals surface area contributed by atoms with Crippen LogP contribution in [0.25, 0.3) is 0 Å². The molecule has 0 amide bonds. The molecule has 2 saturated carbocycles. The van der Waals surface area contributed by atoms with Crippen molar-refractivity contribution in [1.82, 2.24) is 5.32 Å². The molecule has 100 valence electrons. The lowest BCUT2D eigenvalue weighted by molar-refractivity contribution is 0.186. The fourth-order valence-electron chi connectivity index (χ4n) is 3.44. The summed E-state index contributed by atoms with van der Waals surface area (Å²) >= 11 is 1.93. The first-order chi connectivity index (χ1) is 8.64. The molecular weight excluding hydrogens is 238 g/mol. The van der Waals surface area contributed by atoms with Crippen LogP contribution in [0, 0.1) is 11.3 Å². The summed E-state index contributed by atoms with van der Waals surface area (Å²) in [6.45, 7) is 4.86. The van der Waals surface area contributed by atoms with E-state index in [4.69, 9.17) is 0 Å². The van der Waals surface area contributed by atoms with Gasteiger partial charge in [-0.05, 0) is 54.9 Å². The third-order valence-corrected chi connectivity index (χ3v) is 5.52. The maximum Gasteiger partial charge on any atom is 0.0445 e. The Balaban J connectivity index is 1.66. The van der Waals surface area contributed by atoms with Crippen LogP contribution in [0.4, 0.5) is 0 Å². The van der Waals surface area contributed by atoms with Gasteiger partial charge in [-0.3, -0.25) is 0 Å². The zero-order valence-electron chi connectivity index (χ0n) is 11.6. The van der Waals surface area contributed by atoms with Gasteiger partial charge in [-0.15, -0.1) is 11.3 Å². The van der Waals surface area contributed by atoms with Crippen molar-refractivity contribution in [3.63, 3.8) is 0 Å². The van der Waals surface area contributed by atoms with E-state index in [9.17, 15) is 0 Å². The van der Waals surface area contributed by atoms with E-state index in [-0.39, 0.29) is 0 Å². The van der Waals surface area contributed by atoms with Crippen molar-refractivity contribution in [2.24, 2.45) is 11.3 Å². The Morgan fingerprint density at radius 2 is 2.17 bits per heavy atom. The number of hydrogen-bond donors (Lipinski definition) is 1. The SMILES string of the molecule is CC1(C)CCCC(NC(c2cccs2)C2CC2)C1. The molecule has 2 atom stereocenters. The van der Waals surface area contributed by atoms with E-state index in [1.165, 1.54) is 38.5 Å². The Hall–Kier alpha value is -0.340. The van der Waals surface area contributed by atoms with Gasteiger partial charge in [0.1, 0.15) is 0 Å². The predicted molar refractivity (Wildman–Crippen MR) is 79.0 cm³/mol. The number of hydrogen-bond acceptors (Lipinski definition) is 2. The van der Waals surface area contributed by atoms with Gasteiger partial charge in [0.15, 0.2) is 0 Å². The highest BCUT2D eigenvalue weighted by Crippen LogP contribution is 2.44. The molecule has 0 saturated heterocycles. The van der Waals surface area contributed by atoms with Crippen molar-refractivity contribution in [3.05, 3.63) is 22.4 Å². The lowest BCUT2D eigenvalue weighted by Crippen LogP contribution is -2.39. The highest BCUT2D eigenvalue weighted by atomic mass is 32.1. The first-order valence-corrected chi connectivity index (χ1v) is 8.31. The fourth-order valence-corrected chi connectivity index (χ4v) is 4.32. The fraction of sp³-hybridized carbons (Fsp3) is 0.750. The highest BCUT2D eigenvalue weighted by Gasteiger charge is 2.36. The Kier molecular flexibility index (Phi) is 3.50. The Morgan fingerprint density at radius 3 is 2.78 bits per heavy atom. The normalized spacial score (nSPS) is 29.1. The van der Waals surface area contributed by atoms with Crippen LogP contribution in [0.1, 0.15) is 63.3 Å². The second kappa shape index (κ2) is 4.97. The summed E-state index contributed by atoms with van der Waals surface area (Å²) in [5, 5.41) is 6.21. The smallest absolute Gasteiger partial charge is 0.0445 e. The van der Waals surface area contributed by atoms with Gasteiger partial charge in [-0.2, -0.15) is 0 Å². The minimum Gasteiger partial charge on any atom is -0.306 e. The first kappa shape index (κ1) is 12.7. The second-order valence-electron chi connectivity index (χ2n) is 6.95. The van der Waals surface area contributed by atoms with E-state index >= 15 is 0 Å². The quantitative estimate of drug-likeness (QED) is 0.826.